The largest absolute Gasteiger partial charge is 0.322 e. The molecule has 0 unspecified atom stereocenters. The monoisotopic (exact) mass is 347 g/mol. The molecule has 0 aliphatic rings. The van der Waals surface area contributed by atoms with Gasteiger partial charge in [-0.25, -0.2) is 0 Å². The van der Waals surface area contributed by atoms with Crippen LogP contribution in [0.2, 0.25) is 0 Å². The molecule has 6 heteroatoms. The molecule has 0 heterocycles. The summed E-state index contributed by atoms with van der Waals surface area (Å²) in [6, 6.07) is 12.8. The molecule has 0 bridgehead atoms. The van der Waals surface area contributed by atoms with Crippen LogP contribution < -0.4 is 5.32 Å². The zero-order valence-corrected chi connectivity index (χ0v) is 14.7. The predicted octanol–water partition coefficient (Wildman–Crippen LogP) is 3.77. The highest BCUT2D eigenvalue weighted by Crippen LogP contribution is 2.21. The van der Waals surface area contributed by atoms with Crippen LogP contribution in [0.15, 0.2) is 53.4 Å². The minimum Gasteiger partial charge on any atom is -0.322 e. The lowest BCUT2D eigenvalue weighted by Crippen LogP contribution is -2.13. The minimum atomic E-state index is -4.30. The molecule has 0 saturated carbocycles. The van der Waals surface area contributed by atoms with Crippen LogP contribution in [0.25, 0.3) is 0 Å². The quantitative estimate of drug-likeness (QED) is 0.825. The first-order valence-electron chi connectivity index (χ1n) is 7.52. The second-order valence-corrected chi connectivity index (χ2v) is 8.31. The molecule has 1 amide bonds. The van der Waals surface area contributed by atoms with Crippen LogP contribution in [0.4, 0.5) is 5.69 Å². The fourth-order valence-electron chi connectivity index (χ4n) is 2.32. The van der Waals surface area contributed by atoms with Gasteiger partial charge in [0.1, 0.15) is 0 Å². The highest BCUT2D eigenvalue weighted by atomic mass is 32.2. The fourth-order valence-corrected chi connectivity index (χ4v) is 2.85. The molecule has 5 nitrogen and oxygen atoms in total. The Hall–Kier alpha value is -2.18. The van der Waals surface area contributed by atoms with Gasteiger partial charge in [0.15, 0.2) is 0 Å². The van der Waals surface area contributed by atoms with Crippen LogP contribution in [-0.4, -0.2) is 18.9 Å². The summed E-state index contributed by atoms with van der Waals surface area (Å²) in [5.74, 6) is -0.343. The number of hydrogen-bond acceptors (Lipinski definition) is 3. The third-order valence-electron chi connectivity index (χ3n) is 3.34. The summed E-state index contributed by atoms with van der Waals surface area (Å²) >= 11 is 0. The lowest BCUT2D eigenvalue weighted by atomic mass is 9.88. The summed E-state index contributed by atoms with van der Waals surface area (Å²) in [6.45, 7) is 6.45. The van der Waals surface area contributed by atoms with E-state index in [-0.39, 0.29) is 16.2 Å². The first-order chi connectivity index (χ1) is 11.0. The average Bonchev–Trinajstić information content (AvgIpc) is 2.45. The zero-order valence-electron chi connectivity index (χ0n) is 13.9. The van der Waals surface area contributed by atoms with Gasteiger partial charge in [0.05, 0.1) is 4.90 Å². The molecule has 0 fully saturated rings. The summed E-state index contributed by atoms with van der Waals surface area (Å²) < 4.78 is 31.3. The van der Waals surface area contributed by atoms with Crippen molar-refractivity contribution in [3.8, 4) is 0 Å². The van der Waals surface area contributed by atoms with Gasteiger partial charge < -0.3 is 5.32 Å². The molecule has 0 saturated heterocycles. The van der Waals surface area contributed by atoms with Gasteiger partial charge in [-0.3, -0.25) is 9.35 Å². The fraction of sp³-hybridized carbons (Fsp3) is 0.278. The van der Waals surface area contributed by atoms with E-state index in [1.807, 2.05) is 12.1 Å². The molecule has 0 spiro atoms. The Labute approximate surface area is 142 Å². The molecule has 0 radical (unpaired) electrons. The van der Waals surface area contributed by atoms with Gasteiger partial charge in [-0.1, -0.05) is 39.0 Å². The van der Waals surface area contributed by atoms with Gasteiger partial charge in [-0.15, -0.1) is 0 Å². The molecule has 2 N–H and O–H groups in total. The van der Waals surface area contributed by atoms with Crippen molar-refractivity contribution in [2.45, 2.75) is 32.1 Å². The third kappa shape index (κ3) is 5.18. The molecule has 2 rings (SSSR count). The Kier molecular flexibility index (Phi) is 5.11. The molecule has 128 valence electrons. The van der Waals surface area contributed by atoms with Crippen molar-refractivity contribution in [1.82, 2.24) is 0 Å². The summed E-state index contributed by atoms with van der Waals surface area (Å²) in [7, 11) is -4.30. The highest BCUT2D eigenvalue weighted by Gasteiger charge is 2.13. The molecular weight excluding hydrogens is 326 g/mol. The molecule has 2 aromatic carbocycles. The smallest absolute Gasteiger partial charge is 0.294 e. The maximum atomic E-state index is 12.2. The Morgan fingerprint density at radius 1 is 1.08 bits per heavy atom. The first-order valence-corrected chi connectivity index (χ1v) is 8.96. The number of nitrogens with one attached hydrogen (secondary N) is 1. The number of hydrogen-bond donors (Lipinski definition) is 2. The van der Waals surface area contributed by atoms with E-state index in [9.17, 15) is 13.2 Å². The van der Waals surface area contributed by atoms with Crippen LogP contribution in [0.5, 0.6) is 0 Å². The number of anilines is 1. The minimum absolute atomic E-state index is 0.167. The van der Waals surface area contributed by atoms with Crippen LogP contribution in [0, 0.1) is 5.41 Å². The Balaban J connectivity index is 2.13. The molecular formula is C18H21NO4S. The molecule has 0 aliphatic heterocycles. The van der Waals surface area contributed by atoms with Gasteiger partial charge >= 0.3 is 0 Å². The van der Waals surface area contributed by atoms with E-state index in [1.165, 1.54) is 18.2 Å². The summed E-state index contributed by atoms with van der Waals surface area (Å²) in [5, 5.41) is 2.62. The second kappa shape index (κ2) is 6.75. The highest BCUT2D eigenvalue weighted by molar-refractivity contribution is 7.85. The van der Waals surface area contributed by atoms with Gasteiger partial charge in [0, 0.05) is 11.3 Å². The number of carbonyl (C=O) groups is 1. The van der Waals surface area contributed by atoms with E-state index in [2.05, 4.69) is 26.1 Å². The van der Waals surface area contributed by atoms with Gasteiger partial charge in [0.2, 0.25) is 0 Å². The van der Waals surface area contributed by atoms with E-state index in [4.69, 9.17) is 4.55 Å². The lowest BCUT2D eigenvalue weighted by Gasteiger charge is -2.18. The van der Waals surface area contributed by atoms with Crippen molar-refractivity contribution in [1.29, 1.82) is 0 Å². The van der Waals surface area contributed by atoms with Crippen molar-refractivity contribution in [3.05, 3.63) is 59.7 Å². The van der Waals surface area contributed by atoms with Crippen LogP contribution in [0.1, 0.15) is 36.7 Å². The maximum Gasteiger partial charge on any atom is 0.294 e. The second-order valence-electron chi connectivity index (χ2n) is 6.89. The Morgan fingerprint density at radius 2 is 1.71 bits per heavy atom. The van der Waals surface area contributed by atoms with Crippen molar-refractivity contribution in [3.63, 3.8) is 0 Å². The summed E-state index contributed by atoms with van der Waals surface area (Å²) in [5.41, 5.74) is 2.09. The molecule has 0 atom stereocenters. The van der Waals surface area contributed by atoms with E-state index < -0.39 is 10.1 Å². The SMILES string of the molecule is CC(C)(C)Cc1ccc(C(=O)Nc2cccc(S(=O)(=O)O)c2)cc1. The maximum absolute atomic E-state index is 12.2. The van der Waals surface area contributed by atoms with E-state index in [0.29, 0.717) is 11.3 Å². The van der Waals surface area contributed by atoms with Gasteiger partial charge in [0.25, 0.3) is 16.0 Å². The predicted molar refractivity (Wildman–Crippen MR) is 93.8 cm³/mol. The number of amides is 1. The number of rotatable bonds is 4. The summed E-state index contributed by atoms with van der Waals surface area (Å²) in [4.78, 5) is 12.0. The zero-order chi connectivity index (χ0) is 18.0. The summed E-state index contributed by atoms with van der Waals surface area (Å²) in [6.07, 6.45) is 0.908. The Morgan fingerprint density at radius 3 is 2.25 bits per heavy atom. The van der Waals surface area contributed by atoms with Crippen molar-refractivity contribution in [2.75, 3.05) is 5.32 Å². The van der Waals surface area contributed by atoms with Crippen LogP contribution >= 0.6 is 0 Å². The lowest BCUT2D eigenvalue weighted by molar-refractivity contribution is 0.102. The third-order valence-corrected chi connectivity index (χ3v) is 4.19. The molecule has 0 aromatic heterocycles. The topological polar surface area (TPSA) is 83.5 Å². The van der Waals surface area contributed by atoms with Crippen LogP contribution in [-0.2, 0) is 16.5 Å². The normalized spacial score (nSPS) is 12.0. The van der Waals surface area contributed by atoms with E-state index >= 15 is 0 Å². The molecule has 0 aliphatic carbocycles. The van der Waals surface area contributed by atoms with E-state index in [1.54, 1.807) is 18.2 Å². The standard InChI is InChI=1S/C18H21NO4S/c1-18(2,3)12-13-7-9-14(10-8-13)17(20)19-15-5-4-6-16(11-15)24(21,22)23/h4-11H,12H2,1-3H3,(H,19,20)(H,21,22,23). The average molecular weight is 347 g/mol. The van der Waals surface area contributed by atoms with E-state index in [0.717, 1.165) is 12.0 Å². The van der Waals surface area contributed by atoms with Crippen molar-refractivity contribution < 1.29 is 17.8 Å². The molecule has 24 heavy (non-hydrogen) atoms. The Bertz CT molecular complexity index is 834. The molecule has 2 aromatic rings. The van der Waals surface area contributed by atoms with Gasteiger partial charge in [-0.05, 0) is 47.7 Å². The first kappa shape index (κ1) is 18.2. The van der Waals surface area contributed by atoms with Gasteiger partial charge in [-0.2, -0.15) is 8.42 Å². The van der Waals surface area contributed by atoms with Crippen molar-refractivity contribution in [2.24, 2.45) is 5.41 Å². The van der Waals surface area contributed by atoms with Crippen molar-refractivity contribution >= 4 is 21.7 Å². The number of carbonyl (C=O) groups excluding carboxylic acids is 1. The van der Waals surface area contributed by atoms with Crippen LogP contribution in [0.3, 0.4) is 0 Å². The number of benzene rings is 2.